The van der Waals surface area contributed by atoms with Gasteiger partial charge in [-0.3, -0.25) is 4.90 Å². The number of benzene rings is 1. The van der Waals surface area contributed by atoms with Crippen LogP contribution in [0.3, 0.4) is 0 Å². The van der Waals surface area contributed by atoms with Gasteiger partial charge in [0.15, 0.2) is 0 Å². The maximum absolute atomic E-state index is 10.3. The first-order valence-electron chi connectivity index (χ1n) is 8.10. The predicted octanol–water partition coefficient (Wildman–Crippen LogP) is 3.54. The number of nitrogens with one attached hydrogen (secondary N) is 1. The molecule has 116 valence electrons. The molecule has 4 atom stereocenters. The summed E-state index contributed by atoms with van der Waals surface area (Å²) in [4.78, 5) is 2.65. The average molecular weight is 353 g/mol. The van der Waals surface area contributed by atoms with E-state index >= 15 is 0 Å². The Hall–Kier alpha value is -0.580. The number of likely N-dealkylation sites (tertiary alicyclic amines) is 1. The van der Waals surface area contributed by atoms with Gasteiger partial charge < -0.3 is 10.4 Å². The fourth-order valence-electron chi connectivity index (χ4n) is 4.38. The van der Waals surface area contributed by atoms with Crippen molar-refractivity contribution in [1.82, 2.24) is 10.2 Å². The maximum atomic E-state index is 10.3. The first-order chi connectivity index (χ1) is 10.2. The lowest BCUT2D eigenvalue weighted by Gasteiger charge is -2.34. The molecule has 3 nitrogen and oxygen atoms in total. The van der Waals surface area contributed by atoms with Crippen LogP contribution in [0, 0.1) is 11.8 Å². The highest BCUT2D eigenvalue weighted by atomic mass is 79.9. The summed E-state index contributed by atoms with van der Waals surface area (Å²) >= 11 is 3.54. The minimum atomic E-state index is 0.318. The molecule has 0 aliphatic carbocycles. The van der Waals surface area contributed by atoms with E-state index in [0.29, 0.717) is 17.8 Å². The zero-order valence-electron chi connectivity index (χ0n) is 12.8. The largest absolute Gasteiger partial charge is 0.508 e. The van der Waals surface area contributed by atoms with Crippen LogP contribution in [0.25, 0.3) is 0 Å². The fraction of sp³-hybridized carbons (Fsp3) is 0.647. The van der Waals surface area contributed by atoms with Gasteiger partial charge in [0, 0.05) is 28.7 Å². The minimum Gasteiger partial charge on any atom is -0.508 e. The van der Waals surface area contributed by atoms with E-state index < -0.39 is 0 Å². The van der Waals surface area contributed by atoms with E-state index in [1.165, 1.54) is 6.42 Å². The molecule has 0 amide bonds. The maximum Gasteiger partial charge on any atom is 0.120 e. The summed E-state index contributed by atoms with van der Waals surface area (Å²) in [7, 11) is 0. The van der Waals surface area contributed by atoms with Crippen LogP contribution in [0.4, 0.5) is 0 Å². The van der Waals surface area contributed by atoms with Gasteiger partial charge >= 0.3 is 0 Å². The molecule has 2 N–H and O–H groups in total. The molecular formula is C17H25BrN2O. The number of phenolic OH excluding ortho intramolecular Hbond substituents is 1. The van der Waals surface area contributed by atoms with E-state index in [0.717, 1.165) is 47.9 Å². The van der Waals surface area contributed by atoms with Gasteiger partial charge in [0.05, 0.1) is 0 Å². The summed E-state index contributed by atoms with van der Waals surface area (Å²) < 4.78 is 1.04. The van der Waals surface area contributed by atoms with Crippen molar-refractivity contribution < 1.29 is 5.11 Å². The predicted molar refractivity (Wildman–Crippen MR) is 89.5 cm³/mol. The summed E-state index contributed by atoms with van der Waals surface area (Å²) in [5.41, 5.74) is 1.07. The third-order valence-electron chi connectivity index (χ3n) is 5.31. The third kappa shape index (κ3) is 2.73. The molecule has 0 bridgehead atoms. The lowest BCUT2D eigenvalue weighted by atomic mass is 9.92. The lowest BCUT2D eigenvalue weighted by Crippen LogP contribution is -2.37. The normalized spacial score (nSPS) is 30.5. The van der Waals surface area contributed by atoms with Crippen LogP contribution < -0.4 is 5.32 Å². The second-order valence-corrected chi connectivity index (χ2v) is 7.30. The molecule has 1 aromatic rings. The molecule has 2 fully saturated rings. The van der Waals surface area contributed by atoms with Gasteiger partial charge in [-0.25, -0.2) is 0 Å². The first-order valence-corrected chi connectivity index (χ1v) is 8.89. The van der Waals surface area contributed by atoms with Crippen LogP contribution in [-0.4, -0.2) is 35.7 Å². The first kappa shape index (κ1) is 15.3. The summed E-state index contributed by atoms with van der Waals surface area (Å²) in [6.07, 6.45) is 2.22. The number of hydrogen-bond donors (Lipinski definition) is 2. The standard InChI is InChI=1S/C17H25BrN2O/c1-3-15(13-7-12(18)5-6-17(13)21)20-10-11-8-19-9-14(11)16(20)4-2/h5-7,11,14-16,19,21H,3-4,8-10H2,1-2H3. The molecule has 4 heteroatoms. The van der Waals surface area contributed by atoms with Crippen LogP contribution in [-0.2, 0) is 0 Å². The van der Waals surface area contributed by atoms with Crippen molar-refractivity contribution >= 4 is 15.9 Å². The summed E-state index contributed by atoms with van der Waals surface area (Å²) in [6, 6.07) is 6.75. The van der Waals surface area contributed by atoms with E-state index in [-0.39, 0.29) is 0 Å². The SMILES string of the molecule is CCC(c1cc(Br)ccc1O)N1CC2CNCC2C1CC. The molecule has 21 heavy (non-hydrogen) atoms. The number of nitrogens with zero attached hydrogens (tertiary/aromatic N) is 1. The highest BCUT2D eigenvalue weighted by Crippen LogP contribution is 2.42. The van der Waals surface area contributed by atoms with Gasteiger partial charge in [-0.05, 0) is 56.0 Å². The zero-order valence-corrected chi connectivity index (χ0v) is 14.4. The topological polar surface area (TPSA) is 35.5 Å². The molecule has 2 aliphatic heterocycles. The number of aromatic hydroxyl groups is 1. The Balaban J connectivity index is 1.91. The van der Waals surface area contributed by atoms with Gasteiger partial charge in [-0.2, -0.15) is 0 Å². The van der Waals surface area contributed by atoms with Crippen molar-refractivity contribution in [2.24, 2.45) is 11.8 Å². The summed E-state index contributed by atoms with van der Waals surface area (Å²) in [6.45, 7) is 7.98. The van der Waals surface area contributed by atoms with Gasteiger partial charge in [0.25, 0.3) is 0 Å². The van der Waals surface area contributed by atoms with Crippen LogP contribution in [0.5, 0.6) is 5.75 Å². The molecule has 1 aromatic carbocycles. The van der Waals surface area contributed by atoms with E-state index in [9.17, 15) is 5.11 Å². The number of hydrogen-bond acceptors (Lipinski definition) is 3. The number of fused-ring (bicyclic) bond motifs is 1. The molecule has 2 heterocycles. The van der Waals surface area contributed by atoms with Crippen molar-refractivity contribution in [3.63, 3.8) is 0 Å². The molecule has 0 radical (unpaired) electrons. The third-order valence-corrected chi connectivity index (χ3v) is 5.80. The second kappa shape index (κ2) is 6.27. The summed E-state index contributed by atoms with van der Waals surface area (Å²) in [5.74, 6) is 1.98. The van der Waals surface area contributed by atoms with Gasteiger partial charge in [0.2, 0.25) is 0 Å². The Morgan fingerprint density at radius 3 is 2.90 bits per heavy atom. The Bertz CT molecular complexity index is 508. The monoisotopic (exact) mass is 352 g/mol. The second-order valence-electron chi connectivity index (χ2n) is 6.38. The Kier molecular flexibility index (Phi) is 4.57. The molecule has 0 aromatic heterocycles. The van der Waals surface area contributed by atoms with E-state index in [1.54, 1.807) is 0 Å². The molecule has 0 saturated carbocycles. The lowest BCUT2D eigenvalue weighted by molar-refractivity contribution is 0.148. The van der Waals surface area contributed by atoms with Crippen LogP contribution in [0.15, 0.2) is 22.7 Å². The number of halogens is 1. The molecular weight excluding hydrogens is 328 g/mol. The minimum absolute atomic E-state index is 0.318. The van der Waals surface area contributed by atoms with Crippen molar-refractivity contribution in [3.8, 4) is 5.75 Å². The van der Waals surface area contributed by atoms with Crippen molar-refractivity contribution in [2.45, 2.75) is 38.8 Å². The van der Waals surface area contributed by atoms with Crippen LogP contribution in [0.1, 0.15) is 38.3 Å². The van der Waals surface area contributed by atoms with E-state index in [1.807, 2.05) is 12.1 Å². The van der Waals surface area contributed by atoms with Gasteiger partial charge in [-0.1, -0.05) is 29.8 Å². The number of rotatable bonds is 4. The Labute approximate surface area is 135 Å². The molecule has 3 rings (SSSR count). The van der Waals surface area contributed by atoms with Gasteiger partial charge in [0.1, 0.15) is 5.75 Å². The van der Waals surface area contributed by atoms with Crippen molar-refractivity contribution in [2.75, 3.05) is 19.6 Å². The van der Waals surface area contributed by atoms with Crippen LogP contribution >= 0.6 is 15.9 Å². The highest BCUT2D eigenvalue weighted by Gasteiger charge is 2.45. The zero-order chi connectivity index (χ0) is 15.0. The smallest absolute Gasteiger partial charge is 0.120 e. The quantitative estimate of drug-likeness (QED) is 0.869. The Morgan fingerprint density at radius 2 is 2.19 bits per heavy atom. The Morgan fingerprint density at radius 1 is 1.38 bits per heavy atom. The van der Waals surface area contributed by atoms with Crippen molar-refractivity contribution in [3.05, 3.63) is 28.2 Å². The highest BCUT2D eigenvalue weighted by molar-refractivity contribution is 9.10. The van der Waals surface area contributed by atoms with Crippen molar-refractivity contribution in [1.29, 1.82) is 0 Å². The molecule has 0 spiro atoms. The summed E-state index contributed by atoms with van der Waals surface area (Å²) in [5, 5.41) is 13.8. The molecule has 4 unspecified atom stereocenters. The molecule has 2 saturated heterocycles. The fourth-order valence-corrected chi connectivity index (χ4v) is 4.76. The van der Waals surface area contributed by atoms with Crippen LogP contribution in [0.2, 0.25) is 0 Å². The van der Waals surface area contributed by atoms with E-state index in [4.69, 9.17) is 0 Å². The van der Waals surface area contributed by atoms with Gasteiger partial charge in [-0.15, -0.1) is 0 Å². The number of phenols is 1. The van der Waals surface area contributed by atoms with E-state index in [2.05, 4.69) is 46.1 Å². The molecule has 2 aliphatic rings. The average Bonchev–Trinajstić information content (AvgIpc) is 3.04.